The summed E-state index contributed by atoms with van der Waals surface area (Å²) in [6, 6.07) is 68.2. The first-order chi connectivity index (χ1) is 26.2. The highest BCUT2D eigenvalue weighted by atomic mass is 16.3. The molecule has 0 aliphatic rings. The summed E-state index contributed by atoms with van der Waals surface area (Å²) in [6.45, 7) is 0. The van der Waals surface area contributed by atoms with Gasteiger partial charge in [0.1, 0.15) is 11.2 Å². The Labute approximate surface area is 307 Å². The molecular formula is C50H32N2O. The van der Waals surface area contributed by atoms with Crippen LogP contribution in [0.25, 0.3) is 100.0 Å². The maximum absolute atomic E-state index is 6.28. The van der Waals surface area contributed by atoms with Crippen LogP contribution >= 0.6 is 0 Å². The van der Waals surface area contributed by atoms with Gasteiger partial charge >= 0.3 is 0 Å². The zero-order chi connectivity index (χ0) is 35.1. The van der Waals surface area contributed by atoms with Crippen LogP contribution in [0.3, 0.4) is 0 Å². The average molecular weight is 677 g/mol. The molecule has 0 N–H and O–H groups in total. The molecule has 0 saturated heterocycles. The summed E-state index contributed by atoms with van der Waals surface area (Å²) in [5, 5.41) is 3.06. The van der Waals surface area contributed by atoms with E-state index in [-0.39, 0.29) is 0 Å². The quantitative estimate of drug-likeness (QED) is 0.176. The molecule has 2 heterocycles. The van der Waals surface area contributed by atoms with E-state index in [0.717, 1.165) is 66.4 Å². The Morgan fingerprint density at radius 2 is 0.774 bits per heavy atom. The molecule has 2 aromatic heterocycles. The normalized spacial score (nSPS) is 11.4. The molecule has 0 saturated carbocycles. The number of hydrogen-bond acceptors (Lipinski definition) is 3. The number of nitrogens with zero attached hydrogens (tertiary/aromatic N) is 2. The fourth-order valence-corrected chi connectivity index (χ4v) is 7.45. The molecule has 0 fully saturated rings. The minimum atomic E-state index is 0.676. The molecule has 248 valence electrons. The molecular weight excluding hydrogens is 645 g/mol. The summed E-state index contributed by atoms with van der Waals surface area (Å²) in [7, 11) is 0. The van der Waals surface area contributed by atoms with Gasteiger partial charge in [-0.1, -0.05) is 146 Å². The Bertz CT molecular complexity index is 2870. The van der Waals surface area contributed by atoms with E-state index in [1.165, 1.54) is 27.8 Å². The SMILES string of the molecule is c1ccc(-c2cc(-c3ccccc3)cc(-c3cccc(-c4cccc(-c5nc(-c6ccccc6)c6ccc7oc8ccccc8c7c6n5)c4)c3)c2)cc1. The summed E-state index contributed by atoms with van der Waals surface area (Å²) < 4.78 is 6.28. The van der Waals surface area contributed by atoms with Crippen LogP contribution in [0.5, 0.6) is 0 Å². The summed E-state index contributed by atoms with van der Waals surface area (Å²) in [4.78, 5) is 10.5. The predicted molar refractivity (Wildman–Crippen MR) is 219 cm³/mol. The van der Waals surface area contributed by atoms with Crippen LogP contribution in [0, 0.1) is 0 Å². The van der Waals surface area contributed by atoms with Gasteiger partial charge in [-0.15, -0.1) is 0 Å². The van der Waals surface area contributed by atoms with Gasteiger partial charge in [-0.25, -0.2) is 9.97 Å². The first kappa shape index (κ1) is 30.7. The highest BCUT2D eigenvalue weighted by Crippen LogP contribution is 2.39. The molecule has 0 spiro atoms. The third-order valence-corrected chi connectivity index (χ3v) is 10.1. The Balaban J connectivity index is 1.11. The van der Waals surface area contributed by atoms with Gasteiger partial charge in [0.15, 0.2) is 5.82 Å². The van der Waals surface area contributed by atoms with Crippen LogP contribution < -0.4 is 0 Å². The maximum Gasteiger partial charge on any atom is 0.160 e. The molecule has 0 aliphatic heterocycles. The number of para-hydroxylation sites is 1. The summed E-state index contributed by atoms with van der Waals surface area (Å²) in [6.07, 6.45) is 0. The first-order valence-corrected chi connectivity index (χ1v) is 17.9. The van der Waals surface area contributed by atoms with Crippen LogP contribution in [0.4, 0.5) is 0 Å². The van der Waals surface area contributed by atoms with Crippen LogP contribution in [0.2, 0.25) is 0 Å². The largest absolute Gasteiger partial charge is 0.456 e. The second kappa shape index (κ2) is 12.9. The monoisotopic (exact) mass is 676 g/mol. The van der Waals surface area contributed by atoms with Crippen molar-refractivity contribution in [3.8, 4) is 67.2 Å². The topological polar surface area (TPSA) is 38.9 Å². The van der Waals surface area contributed by atoms with Crippen molar-refractivity contribution in [2.75, 3.05) is 0 Å². The van der Waals surface area contributed by atoms with E-state index >= 15 is 0 Å². The lowest BCUT2D eigenvalue weighted by atomic mass is 9.92. The van der Waals surface area contributed by atoms with Crippen molar-refractivity contribution in [1.29, 1.82) is 0 Å². The van der Waals surface area contributed by atoms with Gasteiger partial charge in [-0.2, -0.15) is 0 Å². The molecule has 0 aliphatic carbocycles. The Morgan fingerprint density at radius 1 is 0.302 bits per heavy atom. The second-order valence-corrected chi connectivity index (χ2v) is 13.4. The zero-order valence-electron chi connectivity index (χ0n) is 28.8. The molecule has 0 amide bonds. The molecule has 3 heteroatoms. The molecule has 10 aromatic rings. The van der Waals surface area contributed by atoms with E-state index in [9.17, 15) is 0 Å². The van der Waals surface area contributed by atoms with E-state index in [2.05, 4.69) is 164 Å². The number of hydrogen-bond donors (Lipinski definition) is 0. The van der Waals surface area contributed by atoms with Crippen LogP contribution in [0.1, 0.15) is 0 Å². The highest BCUT2D eigenvalue weighted by Gasteiger charge is 2.18. The van der Waals surface area contributed by atoms with Crippen molar-refractivity contribution in [2.24, 2.45) is 0 Å². The minimum Gasteiger partial charge on any atom is -0.456 e. The molecule has 53 heavy (non-hydrogen) atoms. The average Bonchev–Trinajstić information content (AvgIpc) is 3.63. The number of rotatable bonds is 6. The van der Waals surface area contributed by atoms with Crippen LogP contribution in [-0.2, 0) is 0 Å². The molecule has 8 aromatic carbocycles. The van der Waals surface area contributed by atoms with E-state index < -0.39 is 0 Å². The lowest BCUT2D eigenvalue weighted by Crippen LogP contribution is -1.96. The molecule has 0 bridgehead atoms. The Hall–Kier alpha value is -7.10. The lowest BCUT2D eigenvalue weighted by Gasteiger charge is -2.13. The van der Waals surface area contributed by atoms with Crippen molar-refractivity contribution in [2.45, 2.75) is 0 Å². The highest BCUT2D eigenvalue weighted by molar-refractivity contribution is 6.19. The van der Waals surface area contributed by atoms with Crippen LogP contribution in [-0.4, -0.2) is 9.97 Å². The van der Waals surface area contributed by atoms with E-state index in [1.54, 1.807) is 0 Å². The van der Waals surface area contributed by atoms with Crippen molar-refractivity contribution in [3.05, 3.63) is 194 Å². The van der Waals surface area contributed by atoms with Gasteiger partial charge in [0.05, 0.1) is 16.6 Å². The first-order valence-electron chi connectivity index (χ1n) is 17.9. The van der Waals surface area contributed by atoms with Gasteiger partial charge in [-0.3, -0.25) is 0 Å². The van der Waals surface area contributed by atoms with Crippen molar-refractivity contribution < 1.29 is 4.42 Å². The summed E-state index contributed by atoms with van der Waals surface area (Å²) >= 11 is 0. The number of benzene rings is 8. The molecule has 10 rings (SSSR count). The predicted octanol–water partition coefficient (Wildman–Crippen LogP) is 13.5. The van der Waals surface area contributed by atoms with Gasteiger partial charge < -0.3 is 4.42 Å². The third-order valence-electron chi connectivity index (χ3n) is 10.1. The fourth-order valence-electron chi connectivity index (χ4n) is 7.45. The zero-order valence-corrected chi connectivity index (χ0v) is 28.8. The lowest BCUT2D eigenvalue weighted by molar-refractivity contribution is 0.669. The minimum absolute atomic E-state index is 0.676. The van der Waals surface area contributed by atoms with Crippen molar-refractivity contribution >= 4 is 32.8 Å². The van der Waals surface area contributed by atoms with Crippen molar-refractivity contribution in [3.63, 3.8) is 0 Å². The number of furan rings is 1. The van der Waals surface area contributed by atoms with Gasteiger partial charge in [0.25, 0.3) is 0 Å². The van der Waals surface area contributed by atoms with Gasteiger partial charge in [-0.05, 0) is 93.0 Å². The molecule has 0 atom stereocenters. The maximum atomic E-state index is 6.28. The number of fused-ring (bicyclic) bond motifs is 5. The summed E-state index contributed by atoms with van der Waals surface area (Å²) in [5.41, 5.74) is 14.8. The molecule has 0 radical (unpaired) electrons. The summed E-state index contributed by atoms with van der Waals surface area (Å²) in [5.74, 6) is 0.676. The Morgan fingerprint density at radius 3 is 1.42 bits per heavy atom. The van der Waals surface area contributed by atoms with Crippen molar-refractivity contribution in [1.82, 2.24) is 9.97 Å². The smallest absolute Gasteiger partial charge is 0.160 e. The Kier molecular flexibility index (Phi) is 7.47. The molecule has 3 nitrogen and oxygen atoms in total. The van der Waals surface area contributed by atoms with E-state index in [4.69, 9.17) is 14.4 Å². The standard InChI is InChI=1S/C50H32N2O/c1-4-14-33(15-5-1)40-30-41(34-16-6-2-7-17-34)32-42(31-40)38-22-12-20-36(28-38)37-21-13-23-39(29-37)50-51-48(35-18-8-3-9-19-35)44-26-27-46-47(49(44)52-50)43-24-10-11-25-45(43)53-46/h1-32H. The third kappa shape index (κ3) is 5.65. The van der Waals surface area contributed by atoms with E-state index in [1.807, 2.05) is 30.3 Å². The van der Waals surface area contributed by atoms with E-state index in [0.29, 0.717) is 5.82 Å². The van der Waals surface area contributed by atoms with Gasteiger partial charge in [0, 0.05) is 21.9 Å². The van der Waals surface area contributed by atoms with Crippen LogP contribution in [0.15, 0.2) is 199 Å². The van der Waals surface area contributed by atoms with Gasteiger partial charge in [0.2, 0.25) is 0 Å². The number of aromatic nitrogens is 2. The second-order valence-electron chi connectivity index (χ2n) is 13.4. The molecule has 0 unspecified atom stereocenters. The fraction of sp³-hybridized carbons (Fsp3) is 0.